The normalized spacial score (nSPS) is 12.6. The minimum Gasteiger partial charge on any atom is -0.449 e. The molecule has 0 N–H and O–H groups in total. The van der Waals surface area contributed by atoms with Crippen molar-refractivity contribution in [3.63, 3.8) is 0 Å². The van der Waals surface area contributed by atoms with Crippen LogP contribution in [0.15, 0.2) is 0 Å². The maximum atomic E-state index is 11.1. The molecule has 0 aliphatic rings. The van der Waals surface area contributed by atoms with Crippen LogP contribution in [0.1, 0.15) is 26.7 Å². The van der Waals surface area contributed by atoms with Gasteiger partial charge in [0.05, 0.1) is 0 Å². The third-order valence-electron chi connectivity index (χ3n) is 1.41. The monoisotopic (exact) mass is 212 g/mol. The predicted octanol–water partition coefficient (Wildman–Crippen LogP) is 2.60. The van der Waals surface area contributed by atoms with Crippen LogP contribution >= 0.6 is 0 Å². The summed E-state index contributed by atoms with van der Waals surface area (Å²) in [4.78, 5) is 11.1. The summed E-state index contributed by atoms with van der Waals surface area (Å²) in [7, 11) is -1.34. The first kappa shape index (κ1) is 13.2. The predicted molar refractivity (Wildman–Crippen MR) is 61.6 cm³/mol. The molecule has 0 radical (unpaired) electrons. The second-order valence-electron chi connectivity index (χ2n) is 4.40. The number of carbonyl (C=O) groups excluding carboxylic acids is 1. The van der Waals surface area contributed by atoms with E-state index in [-0.39, 0.29) is 12.1 Å². The molecule has 0 aliphatic heterocycles. The van der Waals surface area contributed by atoms with E-state index in [1.807, 2.05) is 13.8 Å². The van der Waals surface area contributed by atoms with Crippen molar-refractivity contribution < 1.29 is 9.53 Å². The fourth-order valence-corrected chi connectivity index (χ4v) is 1.44. The van der Waals surface area contributed by atoms with Crippen LogP contribution in [0.25, 0.3) is 0 Å². The molecule has 14 heavy (non-hydrogen) atoms. The van der Waals surface area contributed by atoms with Crippen molar-refractivity contribution >= 4 is 14.0 Å². The van der Waals surface area contributed by atoms with Gasteiger partial charge in [0.15, 0.2) is 6.10 Å². The SMILES string of the molecule is CCCC(=O)O[C@H](C)C#C[Si](C)(C)C. The fourth-order valence-electron chi connectivity index (χ4n) is 0.808. The summed E-state index contributed by atoms with van der Waals surface area (Å²) in [5, 5.41) is 0. The second-order valence-corrected chi connectivity index (χ2v) is 9.15. The zero-order chi connectivity index (χ0) is 11.2. The highest BCUT2D eigenvalue weighted by molar-refractivity contribution is 6.83. The van der Waals surface area contributed by atoms with Crippen molar-refractivity contribution in [3.8, 4) is 11.5 Å². The average Bonchev–Trinajstić information content (AvgIpc) is 2.00. The molecular weight excluding hydrogens is 192 g/mol. The second kappa shape index (κ2) is 5.87. The van der Waals surface area contributed by atoms with E-state index in [9.17, 15) is 4.79 Å². The van der Waals surface area contributed by atoms with E-state index in [1.54, 1.807) is 0 Å². The lowest BCUT2D eigenvalue weighted by Gasteiger charge is -2.08. The highest BCUT2D eigenvalue weighted by Crippen LogP contribution is 1.99. The third kappa shape index (κ3) is 7.87. The molecule has 1 atom stereocenters. The van der Waals surface area contributed by atoms with Gasteiger partial charge in [-0.1, -0.05) is 32.5 Å². The molecule has 0 aliphatic carbocycles. The van der Waals surface area contributed by atoms with Gasteiger partial charge in [-0.3, -0.25) is 4.79 Å². The quantitative estimate of drug-likeness (QED) is 0.408. The van der Waals surface area contributed by atoms with Gasteiger partial charge in [0, 0.05) is 6.42 Å². The topological polar surface area (TPSA) is 26.3 Å². The van der Waals surface area contributed by atoms with Crippen molar-refractivity contribution in [3.05, 3.63) is 0 Å². The first-order valence-electron chi connectivity index (χ1n) is 5.07. The molecule has 0 bridgehead atoms. The Kier molecular flexibility index (Phi) is 5.55. The van der Waals surface area contributed by atoms with E-state index in [2.05, 4.69) is 31.1 Å². The van der Waals surface area contributed by atoms with Crippen molar-refractivity contribution in [2.45, 2.75) is 52.4 Å². The largest absolute Gasteiger partial charge is 0.449 e. The molecule has 0 unspecified atom stereocenters. The fraction of sp³-hybridized carbons (Fsp3) is 0.727. The number of hydrogen-bond donors (Lipinski definition) is 0. The highest BCUT2D eigenvalue weighted by atomic mass is 28.3. The van der Waals surface area contributed by atoms with Gasteiger partial charge in [0.2, 0.25) is 0 Å². The van der Waals surface area contributed by atoms with Crippen molar-refractivity contribution in [1.82, 2.24) is 0 Å². The summed E-state index contributed by atoms with van der Waals surface area (Å²) in [6.45, 7) is 10.3. The molecular formula is C11H20O2Si. The van der Waals surface area contributed by atoms with Crippen LogP contribution in [-0.2, 0) is 9.53 Å². The van der Waals surface area contributed by atoms with Crippen LogP contribution in [0.5, 0.6) is 0 Å². The van der Waals surface area contributed by atoms with Crippen molar-refractivity contribution in [2.75, 3.05) is 0 Å². The average molecular weight is 212 g/mol. The Morgan fingerprint density at radius 1 is 1.43 bits per heavy atom. The Labute approximate surface area is 88.0 Å². The number of rotatable bonds is 3. The van der Waals surface area contributed by atoms with E-state index in [0.717, 1.165) is 6.42 Å². The Bertz CT molecular complexity index is 242. The summed E-state index contributed by atoms with van der Waals surface area (Å²) >= 11 is 0. The lowest BCUT2D eigenvalue weighted by atomic mass is 10.3. The molecule has 0 spiro atoms. The molecule has 0 aromatic rings. The Balaban J connectivity index is 4.02. The van der Waals surface area contributed by atoms with Crippen molar-refractivity contribution in [1.29, 1.82) is 0 Å². The number of hydrogen-bond acceptors (Lipinski definition) is 2. The Morgan fingerprint density at radius 3 is 2.43 bits per heavy atom. The molecule has 0 aromatic carbocycles. The summed E-state index contributed by atoms with van der Waals surface area (Å²) in [5.74, 6) is 2.83. The molecule has 3 heteroatoms. The molecule has 0 saturated heterocycles. The minimum absolute atomic E-state index is 0.148. The van der Waals surface area contributed by atoms with Gasteiger partial charge in [0.1, 0.15) is 8.07 Å². The summed E-state index contributed by atoms with van der Waals surface area (Å²) in [6.07, 6.45) is 1.05. The zero-order valence-electron chi connectivity index (χ0n) is 9.81. The van der Waals surface area contributed by atoms with Crippen LogP contribution in [0, 0.1) is 11.5 Å². The molecule has 80 valence electrons. The van der Waals surface area contributed by atoms with Gasteiger partial charge in [-0.05, 0) is 13.3 Å². The Hall–Kier alpha value is -0.753. The molecule has 2 nitrogen and oxygen atoms in total. The third-order valence-corrected chi connectivity index (χ3v) is 2.31. The molecule has 0 saturated carbocycles. The first-order chi connectivity index (χ1) is 6.35. The van der Waals surface area contributed by atoms with Crippen LogP contribution in [-0.4, -0.2) is 20.1 Å². The number of carbonyl (C=O) groups is 1. The maximum Gasteiger partial charge on any atom is 0.307 e. The van der Waals surface area contributed by atoms with Gasteiger partial charge in [-0.2, -0.15) is 0 Å². The lowest BCUT2D eigenvalue weighted by Crippen LogP contribution is -2.19. The van der Waals surface area contributed by atoms with Gasteiger partial charge in [-0.25, -0.2) is 0 Å². The van der Waals surface area contributed by atoms with E-state index in [1.165, 1.54) is 0 Å². The van der Waals surface area contributed by atoms with Crippen LogP contribution in [0.2, 0.25) is 19.6 Å². The molecule has 0 heterocycles. The number of esters is 1. The summed E-state index contributed by atoms with van der Waals surface area (Å²) in [5.41, 5.74) is 3.18. The van der Waals surface area contributed by atoms with E-state index in [0.29, 0.717) is 6.42 Å². The zero-order valence-corrected chi connectivity index (χ0v) is 10.8. The summed E-state index contributed by atoms with van der Waals surface area (Å²) in [6, 6.07) is 0. The molecule has 0 aromatic heterocycles. The highest BCUT2D eigenvalue weighted by Gasteiger charge is 2.09. The van der Waals surface area contributed by atoms with Gasteiger partial charge < -0.3 is 4.74 Å². The van der Waals surface area contributed by atoms with E-state index >= 15 is 0 Å². The first-order valence-corrected chi connectivity index (χ1v) is 8.57. The standard InChI is InChI=1S/C11H20O2Si/c1-6-7-11(12)13-10(2)8-9-14(3,4)5/h10H,6-7H2,1-5H3/t10-/m1/s1. The lowest BCUT2D eigenvalue weighted by molar-refractivity contribution is -0.145. The summed E-state index contributed by atoms with van der Waals surface area (Å²) < 4.78 is 5.10. The maximum absolute atomic E-state index is 11.1. The van der Waals surface area contributed by atoms with Crippen molar-refractivity contribution in [2.24, 2.45) is 0 Å². The van der Waals surface area contributed by atoms with Gasteiger partial charge in [-0.15, -0.1) is 5.54 Å². The van der Waals surface area contributed by atoms with Crippen LogP contribution in [0.4, 0.5) is 0 Å². The molecule has 0 rings (SSSR count). The Morgan fingerprint density at radius 2 is 2.00 bits per heavy atom. The molecule has 0 fully saturated rings. The van der Waals surface area contributed by atoms with E-state index in [4.69, 9.17) is 4.74 Å². The number of ether oxygens (including phenoxy) is 1. The van der Waals surface area contributed by atoms with Crippen LogP contribution < -0.4 is 0 Å². The molecule has 0 amide bonds. The van der Waals surface area contributed by atoms with Crippen LogP contribution in [0.3, 0.4) is 0 Å². The minimum atomic E-state index is -1.34. The van der Waals surface area contributed by atoms with Gasteiger partial charge >= 0.3 is 5.97 Å². The van der Waals surface area contributed by atoms with Gasteiger partial charge in [0.25, 0.3) is 0 Å². The van der Waals surface area contributed by atoms with E-state index < -0.39 is 8.07 Å². The smallest absolute Gasteiger partial charge is 0.307 e.